The molecule has 1 aromatic heterocycles. The molecule has 2 heterocycles. The van der Waals surface area contributed by atoms with Gasteiger partial charge in [-0.15, -0.1) is 0 Å². The summed E-state index contributed by atoms with van der Waals surface area (Å²) in [6, 6.07) is 22.8. The lowest BCUT2D eigenvalue weighted by atomic mass is 9.68. The van der Waals surface area contributed by atoms with Gasteiger partial charge in [-0.2, -0.15) is 0 Å². The molecule has 0 fully saturated rings. The van der Waals surface area contributed by atoms with Crippen molar-refractivity contribution in [2.24, 2.45) is 9.98 Å². The number of halogens is 6. The van der Waals surface area contributed by atoms with Gasteiger partial charge in [-0.3, -0.25) is 4.99 Å². The van der Waals surface area contributed by atoms with E-state index in [0.29, 0.717) is 89.6 Å². The van der Waals surface area contributed by atoms with Gasteiger partial charge in [0.05, 0.1) is 56.6 Å². The fraction of sp³-hybridized carbons (Fsp3) is 0.0698. The van der Waals surface area contributed by atoms with Crippen molar-refractivity contribution < 1.29 is 26.3 Å². The summed E-state index contributed by atoms with van der Waals surface area (Å²) in [6.07, 6.45) is 0. The standard InChI is InChI=1S/C43H20F6N4/c1-43-35(19-4-8-21(45)9-5-19)41-40(50-36-22-10-14-26(46)33-27(47)15-11-23(31(22)33)37(36)51-41)30(18-2-6-20(44)7-3-18)42(43)52-38-24-12-16-28(48)34-29(49)17-13-25(32(24)34)39(38)53-43/h2-17,35H,1H3. The first kappa shape index (κ1) is 30.2. The average molecular weight is 707 g/mol. The van der Waals surface area contributed by atoms with Crippen molar-refractivity contribution in [1.29, 1.82) is 0 Å². The molecule has 4 nitrogen and oxygen atoms in total. The van der Waals surface area contributed by atoms with E-state index < -0.39 is 46.4 Å². The number of benzene rings is 6. The van der Waals surface area contributed by atoms with Gasteiger partial charge in [0.1, 0.15) is 40.4 Å². The normalized spacial score (nSPS) is 18.9. The van der Waals surface area contributed by atoms with Crippen LogP contribution in [0.1, 0.15) is 46.5 Å². The van der Waals surface area contributed by atoms with E-state index in [0.717, 1.165) is 0 Å². The largest absolute Gasteiger partial charge is 0.269 e. The maximum Gasteiger partial charge on any atom is 0.134 e. The van der Waals surface area contributed by atoms with Crippen LogP contribution in [0.3, 0.4) is 0 Å². The molecule has 4 aliphatic rings. The molecule has 7 aromatic rings. The quantitative estimate of drug-likeness (QED) is 0.168. The van der Waals surface area contributed by atoms with Crippen LogP contribution >= 0.6 is 0 Å². The number of nitrogens with zero attached hydrogens (tertiary/aromatic N) is 4. The molecule has 0 saturated carbocycles. The highest BCUT2D eigenvalue weighted by Gasteiger charge is 2.52. The van der Waals surface area contributed by atoms with Crippen LogP contribution in [-0.4, -0.2) is 26.9 Å². The summed E-state index contributed by atoms with van der Waals surface area (Å²) in [5, 5.41) is 0.361. The Balaban J connectivity index is 1.29. The Labute approximate surface area is 296 Å². The molecule has 254 valence electrons. The molecule has 0 spiro atoms. The van der Waals surface area contributed by atoms with E-state index in [1.165, 1.54) is 48.5 Å². The molecule has 0 N–H and O–H groups in total. The number of aliphatic imine (C=N–C) groups is 2. The van der Waals surface area contributed by atoms with Crippen LogP contribution in [0, 0.1) is 34.9 Å². The second-order valence-electron chi connectivity index (χ2n) is 13.8. The van der Waals surface area contributed by atoms with Crippen LogP contribution in [0.15, 0.2) is 113 Å². The summed E-state index contributed by atoms with van der Waals surface area (Å²) in [6.45, 7) is 1.87. The second kappa shape index (κ2) is 10.1. The third-order valence-electron chi connectivity index (χ3n) is 11.0. The van der Waals surface area contributed by atoms with Crippen molar-refractivity contribution in [3.8, 4) is 22.5 Å². The van der Waals surface area contributed by atoms with Crippen LogP contribution < -0.4 is 0 Å². The van der Waals surface area contributed by atoms with E-state index in [-0.39, 0.29) is 10.8 Å². The molecule has 0 amide bonds. The summed E-state index contributed by atoms with van der Waals surface area (Å²) in [5.41, 5.74) is 5.21. The predicted octanol–water partition coefficient (Wildman–Crippen LogP) is 10.2. The van der Waals surface area contributed by atoms with Crippen LogP contribution in [0.2, 0.25) is 0 Å². The van der Waals surface area contributed by atoms with Crippen molar-refractivity contribution in [1.82, 2.24) is 9.97 Å². The van der Waals surface area contributed by atoms with Gasteiger partial charge in [-0.05, 0) is 90.8 Å². The first-order chi connectivity index (χ1) is 25.6. The Morgan fingerprint density at radius 3 is 1.57 bits per heavy atom. The zero-order chi connectivity index (χ0) is 36.1. The van der Waals surface area contributed by atoms with Crippen LogP contribution in [0.25, 0.3) is 49.6 Å². The fourth-order valence-corrected chi connectivity index (χ4v) is 8.73. The Morgan fingerprint density at radius 2 is 0.981 bits per heavy atom. The third kappa shape index (κ3) is 3.82. The van der Waals surface area contributed by atoms with Gasteiger partial charge < -0.3 is 0 Å². The van der Waals surface area contributed by atoms with E-state index in [4.69, 9.17) is 20.0 Å². The monoisotopic (exact) mass is 706 g/mol. The van der Waals surface area contributed by atoms with Gasteiger partial charge in [0.15, 0.2) is 0 Å². The molecule has 2 atom stereocenters. The predicted molar refractivity (Wildman–Crippen MR) is 190 cm³/mol. The lowest BCUT2D eigenvalue weighted by molar-refractivity contribution is 0.464. The summed E-state index contributed by atoms with van der Waals surface area (Å²) in [4.78, 5) is 21.2. The molecule has 6 aromatic carbocycles. The van der Waals surface area contributed by atoms with Gasteiger partial charge in [0.25, 0.3) is 0 Å². The summed E-state index contributed by atoms with van der Waals surface area (Å²) < 4.78 is 89.7. The maximum absolute atomic E-state index is 15.2. The van der Waals surface area contributed by atoms with Crippen molar-refractivity contribution in [3.05, 3.63) is 171 Å². The van der Waals surface area contributed by atoms with E-state index in [2.05, 4.69) is 0 Å². The smallest absolute Gasteiger partial charge is 0.134 e. The SMILES string of the molecule is CC12N=C3C(=NC1=C(c1ccc(F)cc1)c1nc4c(nc1C2c1ccc(F)cc1)-c1ccc(F)c2c(F)ccc-4c12)c1ccc(F)c2c(F)ccc3c12. The molecule has 0 radical (unpaired) electrons. The van der Waals surface area contributed by atoms with E-state index in [9.17, 15) is 8.78 Å². The number of rotatable bonds is 2. The van der Waals surface area contributed by atoms with Crippen molar-refractivity contribution in [3.63, 3.8) is 0 Å². The number of hydrogen-bond donors (Lipinski definition) is 0. The number of hydrogen-bond acceptors (Lipinski definition) is 4. The molecule has 53 heavy (non-hydrogen) atoms. The van der Waals surface area contributed by atoms with Gasteiger partial charge in [-0.1, -0.05) is 24.3 Å². The van der Waals surface area contributed by atoms with Crippen molar-refractivity contribution in [2.75, 3.05) is 0 Å². The molecule has 0 bridgehead atoms. The van der Waals surface area contributed by atoms with Gasteiger partial charge in [0, 0.05) is 38.6 Å². The van der Waals surface area contributed by atoms with Crippen LogP contribution in [0.4, 0.5) is 26.3 Å². The molecule has 11 rings (SSSR count). The molecule has 10 heteroatoms. The zero-order valence-electron chi connectivity index (χ0n) is 27.4. The minimum absolute atomic E-state index is 0.167. The topological polar surface area (TPSA) is 50.5 Å². The van der Waals surface area contributed by atoms with Crippen LogP contribution in [-0.2, 0) is 0 Å². The fourth-order valence-electron chi connectivity index (χ4n) is 8.73. The van der Waals surface area contributed by atoms with Gasteiger partial charge in [-0.25, -0.2) is 41.3 Å². The van der Waals surface area contributed by atoms with E-state index in [1.54, 1.807) is 48.5 Å². The lowest BCUT2D eigenvalue weighted by Crippen LogP contribution is -2.43. The number of aromatic nitrogens is 2. The summed E-state index contributed by atoms with van der Waals surface area (Å²) in [7, 11) is 0. The molecule has 3 aliphatic carbocycles. The molecule has 0 saturated heterocycles. The van der Waals surface area contributed by atoms with Gasteiger partial charge >= 0.3 is 0 Å². The molecule has 2 unspecified atom stereocenters. The Hall–Kier alpha value is -6.42. The summed E-state index contributed by atoms with van der Waals surface area (Å²) >= 11 is 0. The maximum atomic E-state index is 15.2. The first-order valence-corrected chi connectivity index (χ1v) is 16.8. The molecule has 1 aliphatic heterocycles. The van der Waals surface area contributed by atoms with E-state index in [1.807, 2.05) is 6.92 Å². The van der Waals surface area contributed by atoms with E-state index >= 15 is 17.6 Å². The van der Waals surface area contributed by atoms with Gasteiger partial charge in [0.2, 0.25) is 0 Å². The first-order valence-electron chi connectivity index (χ1n) is 16.8. The number of fused-ring (bicyclic) bond motifs is 8. The Kier molecular flexibility index (Phi) is 5.78. The molecular formula is C43H20F6N4. The second-order valence-corrected chi connectivity index (χ2v) is 13.8. The highest BCUT2D eigenvalue weighted by molar-refractivity contribution is 6.61. The third-order valence-corrected chi connectivity index (χ3v) is 11.0. The minimum atomic E-state index is -1.30. The minimum Gasteiger partial charge on any atom is -0.269 e. The summed E-state index contributed by atoms with van der Waals surface area (Å²) in [5.74, 6) is -4.55. The van der Waals surface area contributed by atoms with Crippen molar-refractivity contribution >= 4 is 38.5 Å². The lowest BCUT2D eigenvalue weighted by Gasteiger charge is -2.43. The van der Waals surface area contributed by atoms with Crippen LogP contribution in [0.5, 0.6) is 0 Å². The zero-order valence-corrected chi connectivity index (χ0v) is 27.4. The van der Waals surface area contributed by atoms with Crippen molar-refractivity contribution in [2.45, 2.75) is 18.4 Å². The highest BCUT2D eigenvalue weighted by Crippen LogP contribution is 2.56. The Bertz CT molecular complexity index is 2950. The Morgan fingerprint density at radius 1 is 0.491 bits per heavy atom. The molecular weight excluding hydrogens is 686 g/mol. The highest BCUT2D eigenvalue weighted by atomic mass is 19.2. The average Bonchev–Trinajstić information content (AvgIpc) is 3.62.